The second kappa shape index (κ2) is 4.95. The molecule has 1 aromatic rings. The van der Waals surface area contributed by atoms with Gasteiger partial charge in [0.2, 0.25) is 0 Å². The monoisotopic (exact) mass is 316 g/mol. The van der Waals surface area contributed by atoms with Crippen molar-refractivity contribution in [2.24, 2.45) is 0 Å². The molecule has 0 radical (unpaired) electrons. The first-order valence-electron chi connectivity index (χ1n) is 8.79. The quantitative estimate of drug-likeness (QED) is 0.828. The van der Waals surface area contributed by atoms with Gasteiger partial charge in [0.25, 0.3) is 0 Å². The molecule has 0 unspecified atom stereocenters. The Balaban J connectivity index is 1.91. The Morgan fingerprint density at radius 3 is 2.78 bits per heavy atom. The van der Waals surface area contributed by atoms with E-state index in [2.05, 4.69) is 37.0 Å². The van der Waals surface area contributed by atoms with Gasteiger partial charge in [0.1, 0.15) is 5.75 Å². The summed E-state index contributed by atoms with van der Waals surface area (Å²) in [6, 6.07) is 6.48. The molecule has 2 aliphatic carbocycles. The molecule has 4 atom stereocenters. The molecule has 4 heteroatoms. The predicted octanol–water partition coefficient (Wildman–Crippen LogP) is 1.74. The molecule has 23 heavy (non-hydrogen) atoms. The highest BCUT2D eigenvalue weighted by Crippen LogP contribution is 2.58. The van der Waals surface area contributed by atoms with Gasteiger partial charge in [-0.25, -0.2) is 0 Å². The van der Waals surface area contributed by atoms with E-state index in [4.69, 9.17) is 0 Å². The lowest BCUT2D eigenvalue weighted by Crippen LogP contribution is -2.73. The zero-order chi connectivity index (χ0) is 16.4. The molecular weight excluding hydrogens is 288 g/mol. The lowest BCUT2D eigenvalue weighted by molar-refractivity contribution is -0.169. The first-order chi connectivity index (χ1) is 10.9. The first kappa shape index (κ1) is 15.4. The van der Waals surface area contributed by atoms with Gasteiger partial charge < -0.3 is 20.0 Å². The minimum Gasteiger partial charge on any atom is -0.508 e. The van der Waals surface area contributed by atoms with E-state index < -0.39 is 5.60 Å². The summed E-state index contributed by atoms with van der Waals surface area (Å²) < 4.78 is 0. The maximum Gasteiger partial charge on any atom is 0.115 e. The number of aromatic hydroxyl groups is 1. The van der Waals surface area contributed by atoms with E-state index in [-0.39, 0.29) is 11.5 Å². The van der Waals surface area contributed by atoms with Crippen LogP contribution in [0.2, 0.25) is 0 Å². The van der Waals surface area contributed by atoms with Crippen LogP contribution >= 0.6 is 0 Å². The molecule has 4 nitrogen and oxygen atoms in total. The lowest BCUT2D eigenvalue weighted by Gasteiger charge is -2.64. The Bertz CT molecular complexity index is 632. The maximum atomic E-state index is 11.8. The van der Waals surface area contributed by atoms with Gasteiger partial charge in [0.05, 0.1) is 5.60 Å². The van der Waals surface area contributed by atoms with Crippen molar-refractivity contribution < 1.29 is 10.2 Å². The average molecular weight is 316 g/mol. The van der Waals surface area contributed by atoms with Crippen LogP contribution in [0.5, 0.6) is 5.75 Å². The van der Waals surface area contributed by atoms with E-state index in [0.29, 0.717) is 11.8 Å². The van der Waals surface area contributed by atoms with Gasteiger partial charge in [-0.15, -0.1) is 0 Å². The summed E-state index contributed by atoms with van der Waals surface area (Å²) in [6.07, 6.45) is 4.73. The highest BCUT2D eigenvalue weighted by molar-refractivity contribution is 5.48. The fraction of sp³-hybridized carbons (Fsp3) is 0.684. The zero-order valence-corrected chi connectivity index (χ0v) is 14.4. The van der Waals surface area contributed by atoms with Gasteiger partial charge >= 0.3 is 0 Å². The summed E-state index contributed by atoms with van der Waals surface area (Å²) in [5.41, 5.74) is 1.62. The summed E-state index contributed by atoms with van der Waals surface area (Å²) in [7, 11) is 6.44. The SMILES string of the molecule is CN(C)[C@@H]1CC[C@@]2(O)[C@H]3Cc4ccc(O)cc4[C@@]2(CCN3C)C1. The highest BCUT2D eigenvalue weighted by atomic mass is 16.3. The third-order valence-electron chi connectivity index (χ3n) is 7.00. The number of hydrogen-bond donors (Lipinski definition) is 2. The van der Waals surface area contributed by atoms with Crippen LogP contribution in [0, 0.1) is 0 Å². The van der Waals surface area contributed by atoms with Crippen molar-refractivity contribution in [3.63, 3.8) is 0 Å². The van der Waals surface area contributed by atoms with Gasteiger partial charge in [-0.05, 0) is 83.1 Å². The summed E-state index contributed by atoms with van der Waals surface area (Å²) >= 11 is 0. The lowest BCUT2D eigenvalue weighted by atomic mass is 9.49. The van der Waals surface area contributed by atoms with Gasteiger partial charge in [0.15, 0.2) is 0 Å². The molecule has 2 fully saturated rings. The Labute approximate surface area is 138 Å². The number of hydrogen-bond acceptors (Lipinski definition) is 4. The number of piperidine rings is 1. The Hall–Kier alpha value is -1.10. The molecule has 2 N–H and O–H groups in total. The molecular formula is C19H28N2O2. The van der Waals surface area contributed by atoms with Crippen molar-refractivity contribution in [3.05, 3.63) is 29.3 Å². The molecule has 0 amide bonds. The highest BCUT2D eigenvalue weighted by Gasteiger charge is 2.64. The molecule has 3 aliphatic rings. The van der Waals surface area contributed by atoms with Gasteiger partial charge in [0, 0.05) is 17.5 Å². The number of phenolic OH excluding ortho intramolecular Hbond substituents is 1. The zero-order valence-electron chi connectivity index (χ0n) is 14.4. The standard InChI is InChI=1S/C19H28N2O2/c1-20(2)14-6-7-19(23)17-10-13-4-5-15(22)11-16(13)18(19,12-14)8-9-21(17)3/h4-5,11,14,17,22-23H,6-10,12H2,1-3H3/t14-,17-,18-,19-/m1/s1. The Morgan fingerprint density at radius 1 is 1.26 bits per heavy atom. The van der Waals surface area contributed by atoms with Crippen LogP contribution in [0.3, 0.4) is 0 Å². The van der Waals surface area contributed by atoms with E-state index in [0.717, 1.165) is 38.6 Å². The van der Waals surface area contributed by atoms with Crippen LogP contribution in [-0.4, -0.2) is 65.4 Å². The van der Waals surface area contributed by atoms with Crippen molar-refractivity contribution in [1.82, 2.24) is 9.80 Å². The molecule has 1 aliphatic heterocycles. The summed E-state index contributed by atoms with van der Waals surface area (Å²) in [6.45, 7) is 1.02. The van der Waals surface area contributed by atoms with Gasteiger partial charge in [-0.1, -0.05) is 6.07 Å². The van der Waals surface area contributed by atoms with Crippen LogP contribution in [0.25, 0.3) is 0 Å². The molecule has 4 rings (SSSR count). The van der Waals surface area contributed by atoms with Crippen LogP contribution in [-0.2, 0) is 11.8 Å². The maximum absolute atomic E-state index is 11.8. The fourth-order valence-corrected chi connectivity index (χ4v) is 5.64. The Kier molecular flexibility index (Phi) is 3.32. The van der Waals surface area contributed by atoms with Crippen molar-refractivity contribution in [2.75, 3.05) is 27.7 Å². The fourth-order valence-electron chi connectivity index (χ4n) is 5.64. The molecule has 126 valence electrons. The van der Waals surface area contributed by atoms with Crippen molar-refractivity contribution in [3.8, 4) is 5.75 Å². The molecule has 1 saturated heterocycles. The third kappa shape index (κ3) is 1.95. The number of likely N-dealkylation sites (tertiary alicyclic amines) is 1. The van der Waals surface area contributed by atoms with Crippen LogP contribution in [0.4, 0.5) is 0 Å². The minimum atomic E-state index is -0.673. The van der Waals surface area contributed by atoms with Crippen LogP contribution < -0.4 is 0 Å². The van der Waals surface area contributed by atoms with E-state index in [1.165, 1.54) is 11.1 Å². The third-order valence-corrected chi connectivity index (χ3v) is 7.00. The topological polar surface area (TPSA) is 46.9 Å². The molecule has 0 aromatic heterocycles. The van der Waals surface area contributed by atoms with E-state index >= 15 is 0 Å². The van der Waals surface area contributed by atoms with Crippen molar-refractivity contribution in [1.29, 1.82) is 0 Å². The first-order valence-corrected chi connectivity index (χ1v) is 8.79. The van der Waals surface area contributed by atoms with Crippen molar-refractivity contribution >= 4 is 0 Å². The number of phenols is 1. The number of nitrogens with zero attached hydrogens (tertiary/aromatic N) is 2. The largest absolute Gasteiger partial charge is 0.508 e. The molecule has 1 aromatic carbocycles. The minimum absolute atomic E-state index is 0.191. The summed E-state index contributed by atoms with van der Waals surface area (Å²) in [4.78, 5) is 4.66. The summed E-state index contributed by atoms with van der Waals surface area (Å²) in [5, 5.41) is 21.9. The van der Waals surface area contributed by atoms with E-state index in [1.807, 2.05) is 6.07 Å². The van der Waals surface area contributed by atoms with E-state index in [9.17, 15) is 10.2 Å². The van der Waals surface area contributed by atoms with Crippen molar-refractivity contribution in [2.45, 2.75) is 55.2 Å². The second-order valence-electron chi connectivity index (χ2n) is 8.16. The molecule has 2 bridgehead atoms. The number of rotatable bonds is 1. The van der Waals surface area contributed by atoms with Crippen LogP contribution in [0.15, 0.2) is 18.2 Å². The molecule has 0 spiro atoms. The predicted molar refractivity (Wildman–Crippen MR) is 90.8 cm³/mol. The number of benzene rings is 1. The normalized spacial score (nSPS) is 39.9. The number of aliphatic hydroxyl groups is 1. The van der Waals surface area contributed by atoms with Gasteiger partial charge in [-0.3, -0.25) is 0 Å². The van der Waals surface area contributed by atoms with E-state index in [1.54, 1.807) is 6.07 Å². The molecule has 1 saturated carbocycles. The smallest absolute Gasteiger partial charge is 0.115 e. The number of fused-ring (bicyclic) bond motifs is 1. The average Bonchev–Trinajstić information content (AvgIpc) is 2.51. The Morgan fingerprint density at radius 2 is 2.04 bits per heavy atom. The number of likely N-dealkylation sites (N-methyl/N-ethyl adjacent to an activating group) is 1. The molecule has 1 heterocycles. The summed E-state index contributed by atoms with van der Waals surface area (Å²) in [5.74, 6) is 0.324. The van der Waals surface area contributed by atoms with Gasteiger partial charge in [-0.2, -0.15) is 0 Å². The van der Waals surface area contributed by atoms with Crippen LogP contribution in [0.1, 0.15) is 36.8 Å². The second-order valence-corrected chi connectivity index (χ2v) is 8.16.